The minimum Gasteiger partial charge on any atom is -0.508 e. The van der Waals surface area contributed by atoms with E-state index in [2.05, 4.69) is 22.0 Å². The van der Waals surface area contributed by atoms with Crippen LogP contribution in [0.25, 0.3) is 23.0 Å². The van der Waals surface area contributed by atoms with Crippen LogP contribution in [0.2, 0.25) is 0 Å². The number of phenols is 1. The number of benzene rings is 1. The molecule has 20 heavy (non-hydrogen) atoms. The Morgan fingerprint density at radius 2 is 1.95 bits per heavy atom. The van der Waals surface area contributed by atoms with E-state index in [0.29, 0.717) is 11.7 Å². The molecule has 2 heterocycles. The van der Waals surface area contributed by atoms with Crippen molar-refractivity contribution in [1.82, 2.24) is 15.1 Å². The number of phenolic OH excluding ortho intramolecular Hbond substituents is 1. The molecule has 5 heteroatoms. The van der Waals surface area contributed by atoms with Gasteiger partial charge in [0, 0.05) is 11.8 Å². The summed E-state index contributed by atoms with van der Waals surface area (Å²) in [7, 11) is 0. The van der Waals surface area contributed by atoms with Crippen molar-refractivity contribution in [1.29, 1.82) is 0 Å². The lowest BCUT2D eigenvalue weighted by Gasteiger charge is -2.00. The number of hydrogen-bond donors (Lipinski definition) is 1. The maximum Gasteiger partial charge on any atom is 0.258 e. The highest BCUT2D eigenvalue weighted by Crippen LogP contribution is 2.24. The molecule has 0 atom stereocenters. The first-order valence-electron chi connectivity index (χ1n) is 6.35. The smallest absolute Gasteiger partial charge is 0.258 e. The van der Waals surface area contributed by atoms with Gasteiger partial charge in [-0.1, -0.05) is 18.1 Å². The first-order chi connectivity index (χ1) is 9.78. The Labute approximate surface area is 115 Å². The molecule has 1 aromatic carbocycles. The molecule has 100 valence electrons. The Morgan fingerprint density at radius 3 is 2.70 bits per heavy atom. The second-order valence-electron chi connectivity index (χ2n) is 4.33. The molecule has 0 aliphatic carbocycles. The van der Waals surface area contributed by atoms with Crippen molar-refractivity contribution in [3.63, 3.8) is 0 Å². The van der Waals surface area contributed by atoms with Crippen molar-refractivity contribution >= 4 is 0 Å². The summed E-state index contributed by atoms with van der Waals surface area (Å²) in [6, 6.07) is 10.5. The fourth-order valence-electron chi connectivity index (χ4n) is 1.97. The maximum absolute atomic E-state index is 9.28. The molecule has 0 saturated heterocycles. The molecule has 0 radical (unpaired) electrons. The predicted octanol–water partition coefficient (Wildman–Crippen LogP) is 3.07. The highest BCUT2D eigenvalue weighted by atomic mass is 16.5. The van der Waals surface area contributed by atoms with Crippen LogP contribution in [0, 0.1) is 0 Å². The van der Waals surface area contributed by atoms with Gasteiger partial charge in [0.25, 0.3) is 5.89 Å². The van der Waals surface area contributed by atoms with Gasteiger partial charge in [0.2, 0.25) is 5.82 Å². The fourth-order valence-corrected chi connectivity index (χ4v) is 1.97. The Kier molecular flexibility index (Phi) is 3.16. The van der Waals surface area contributed by atoms with Crippen molar-refractivity contribution in [3.8, 4) is 28.7 Å². The SMILES string of the molecule is CCc1cccnc1-c1noc(-c2ccc(O)cc2)n1. The number of hydrogen-bond acceptors (Lipinski definition) is 5. The van der Waals surface area contributed by atoms with Gasteiger partial charge >= 0.3 is 0 Å². The highest BCUT2D eigenvalue weighted by molar-refractivity contribution is 5.60. The second-order valence-corrected chi connectivity index (χ2v) is 4.33. The second kappa shape index (κ2) is 5.13. The zero-order valence-corrected chi connectivity index (χ0v) is 10.9. The number of rotatable bonds is 3. The van der Waals surface area contributed by atoms with Crippen molar-refractivity contribution in [2.75, 3.05) is 0 Å². The van der Waals surface area contributed by atoms with E-state index in [1.807, 2.05) is 12.1 Å². The summed E-state index contributed by atoms with van der Waals surface area (Å²) in [6.45, 7) is 2.06. The number of aryl methyl sites for hydroxylation is 1. The topological polar surface area (TPSA) is 72.0 Å². The van der Waals surface area contributed by atoms with E-state index in [1.165, 1.54) is 0 Å². The Bertz CT molecular complexity index is 720. The van der Waals surface area contributed by atoms with E-state index in [-0.39, 0.29) is 5.75 Å². The van der Waals surface area contributed by atoms with Crippen LogP contribution in [0.5, 0.6) is 5.75 Å². The molecule has 0 bridgehead atoms. The predicted molar refractivity (Wildman–Crippen MR) is 74.0 cm³/mol. The standard InChI is InChI=1S/C15H13N3O2/c1-2-10-4-3-9-16-13(10)14-17-15(20-18-14)11-5-7-12(19)8-6-11/h3-9,19H,2H2,1H3. The van der Waals surface area contributed by atoms with Gasteiger partial charge < -0.3 is 9.63 Å². The van der Waals surface area contributed by atoms with Gasteiger partial charge in [0.15, 0.2) is 0 Å². The summed E-state index contributed by atoms with van der Waals surface area (Å²) in [5, 5.41) is 13.3. The molecule has 0 saturated carbocycles. The molecular formula is C15H13N3O2. The van der Waals surface area contributed by atoms with E-state index in [0.717, 1.165) is 23.2 Å². The zero-order valence-electron chi connectivity index (χ0n) is 10.9. The average Bonchev–Trinajstić information content (AvgIpc) is 2.97. The zero-order chi connectivity index (χ0) is 13.9. The third kappa shape index (κ3) is 2.25. The molecule has 0 aliphatic rings. The Balaban J connectivity index is 2.00. The first kappa shape index (κ1) is 12.3. The van der Waals surface area contributed by atoms with Crippen LogP contribution in [0.3, 0.4) is 0 Å². The monoisotopic (exact) mass is 267 g/mol. The van der Waals surface area contributed by atoms with E-state index < -0.39 is 0 Å². The number of nitrogens with zero attached hydrogens (tertiary/aromatic N) is 3. The summed E-state index contributed by atoms with van der Waals surface area (Å²) in [4.78, 5) is 8.68. The van der Waals surface area contributed by atoms with Crippen molar-refractivity contribution < 1.29 is 9.63 Å². The van der Waals surface area contributed by atoms with Gasteiger partial charge in [-0.05, 0) is 42.3 Å². The molecule has 0 unspecified atom stereocenters. The van der Waals surface area contributed by atoms with Crippen LogP contribution >= 0.6 is 0 Å². The van der Waals surface area contributed by atoms with Crippen molar-refractivity contribution in [3.05, 3.63) is 48.2 Å². The van der Waals surface area contributed by atoms with Crippen LogP contribution in [-0.2, 0) is 6.42 Å². The summed E-state index contributed by atoms with van der Waals surface area (Å²) < 4.78 is 5.26. The van der Waals surface area contributed by atoms with Gasteiger partial charge in [0.1, 0.15) is 11.4 Å². The molecule has 5 nitrogen and oxygen atoms in total. The largest absolute Gasteiger partial charge is 0.508 e. The minimum atomic E-state index is 0.200. The van der Waals surface area contributed by atoms with Crippen LogP contribution < -0.4 is 0 Å². The van der Waals surface area contributed by atoms with Gasteiger partial charge in [-0.25, -0.2) is 0 Å². The number of aromatic hydroxyl groups is 1. The lowest BCUT2D eigenvalue weighted by molar-refractivity contribution is 0.432. The van der Waals surface area contributed by atoms with Crippen LogP contribution in [-0.4, -0.2) is 20.2 Å². The molecule has 0 amide bonds. The summed E-state index contributed by atoms with van der Waals surface area (Å²) in [5.74, 6) is 1.09. The van der Waals surface area contributed by atoms with E-state index in [1.54, 1.807) is 30.5 Å². The van der Waals surface area contributed by atoms with Crippen LogP contribution in [0.1, 0.15) is 12.5 Å². The van der Waals surface area contributed by atoms with Crippen LogP contribution in [0.15, 0.2) is 47.1 Å². The quantitative estimate of drug-likeness (QED) is 0.789. The van der Waals surface area contributed by atoms with Gasteiger partial charge in [-0.15, -0.1) is 0 Å². The van der Waals surface area contributed by atoms with Crippen molar-refractivity contribution in [2.24, 2.45) is 0 Å². The van der Waals surface area contributed by atoms with Gasteiger partial charge in [-0.3, -0.25) is 4.98 Å². The lowest BCUT2D eigenvalue weighted by atomic mass is 10.1. The molecular weight excluding hydrogens is 254 g/mol. The number of pyridine rings is 1. The summed E-state index contributed by atoms with van der Waals surface area (Å²) >= 11 is 0. The average molecular weight is 267 g/mol. The Hall–Kier alpha value is -2.69. The fraction of sp³-hybridized carbons (Fsp3) is 0.133. The molecule has 1 N–H and O–H groups in total. The third-order valence-electron chi connectivity index (χ3n) is 3.02. The molecule has 0 spiro atoms. The Morgan fingerprint density at radius 1 is 1.15 bits per heavy atom. The van der Waals surface area contributed by atoms with Crippen molar-refractivity contribution in [2.45, 2.75) is 13.3 Å². The minimum absolute atomic E-state index is 0.200. The van der Waals surface area contributed by atoms with Gasteiger partial charge in [-0.2, -0.15) is 4.98 Å². The molecule has 3 aromatic rings. The summed E-state index contributed by atoms with van der Waals surface area (Å²) in [6.07, 6.45) is 2.57. The van der Waals surface area contributed by atoms with E-state index in [4.69, 9.17) is 4.52 Å². The van der Waals surface area contributed by atoms with E-state index in [9.17, 15) is 5.11 Å². The molecule has 0 aliphatic heterocycles. The van der Waals surface area contributed by atoms with Crippen LogP contribution in [0.4, 0.5) is 0 Å². The van der Waals surface area contributed by atoms with E-state index >= 15 is 0 Å². The lowest BCUT2D eigenvalue weighted by Crippen LogP contribution is -1.92. The third-order valence-corrected chi connectivity index (χ3v) is 3.02. The molecule has 0 fully saturated rings. The molecule has 3 rings (SSSR count). The summed E-state index contributed by atoms with van der Waals surface area (Å²) in [5.41, 5.74) is 2.57. The molecule has 2 aromatic heterocycles. The highest BCUT2D eigenvalue weighted by Gasteiger charge is 2.14. The normalized spacial score (nSPS) is 10.7. The maximum atomic E-state index is 9.28. The van der Waals surface area contributed by atoms with Gasteiger partial charge in [0.05, 0.1) is 0 Å². The number of aromatic nitrogens is 3. The first-order valence-corrected chi connectivity index (χ1v) is 6.35.